The highest BCUT2D eigenvalue weighted by molar-refractivity contribution is 5.87. The molecule has 4 N–H and O–H groups in total. The van der Waals surface area contributed by atoms with E-state index in [0.717, 1.165) is 12.8 Å². The molecule has 2 aromatic rings. The van der Waals surface area contributed by atoms with Crippen LogP contribution in [0.4, 0.5) is 10.1 Å². The Morgan fingerprint density at radius 3 is 2.46 bits per heavy atom. The zero-order chi connectivity index (χ0) is 20.5. The first kappa shape index (κ1) is 19.0. The van der Waals surface area contributed by atoms with Crippen LogP contribution >= 0.6 is 0 Å². The number of aryl methyl sites for hydroxylation is 1. The topological polar surface area (TPSA) is 99.3 Å². The van der Waals surface area contributed by atoms with Gasteiger partial charge in [-0.1, -0.05) is 20.8 Å². The highest BCUT2D eigenvalue weighted by Gasteiger charge is 2.39. The zero-order valence-corrected chi connectivity index (χ0v) is 16.8. The first-order chi connectivity index (χ1) is 13.0. The van der Waals surface area contributed by atoms with Gasteiger partial charge < -0.3 is 16.5 Å². The fourth-order valence-electron chi connectivity index (χ4n) is 4.58. The molecule has 7 nitrogen and oxygen atoms in total. The number of anilines is 1. The average Bonchev–Trinajstić information content (AvgIpc) is 3.43. The summed E-state index contributed by atoms with van der Waals surface area (Å²) in [5, 5.41) is 0.140. The molecule has 1 saturated heterocycles. The summed E-state index contributed by atoms with van der Waals surface area (Å²) in [4.78, 5) is 27.2. The number of nitrogen functional groups attached to an aromatic ring is 1. The quantitative estimate of drug-likeness (QED) is 0.758. The van der Waals surface area contributed by atoms with Crippen molar-refractivity contribution in [2.75, 3.05) is 23.8 Å². The van der Waals surface area contributed by atoms with E-state index in [9.17, 15) is 9.59 Å². The second-order valence-corrected chi connectivity index (χ2v) is 9.11. The Morgan fingerprint density at radius 1 is 1.25 bits per heavy atom. The summed E-state index contributed by atoms with van der Waals surface area (Å²) in [5.74, 6) is 5.49. The molecule has 0 amide bonds. The van der Waals surface area contributed by atoms with E-state index >= 15 is 4.39 Å². The third kappa shape index (κ3) is 2.65. The molecule has 0 spiro atoms. The molecule has 0 radical (unpaired) electrons. The van der Waals surface area contributed by atoms with Crippen LogP contribution in [0.25, 0.3) is 10.9 Å². The van der Waals surface area contributed by atoms with Gasteiger partial charge in [-0.05, 0) is 37.2 Å². The maximum atomic E-state index is 15.2. The number of nitrogens with zero attached hydrogens (tertiary/aromatic N) is 3. The predicted octanol–water partition coefficient (Wildman–Crippen LogP) is 1.47. The molecule has 2 heterocycles. The second kappa shape index (κ2) is 6.07. The molecule has 2 atom stereocenters. The zero-order valence-electron chi connectivity index (χ0n) is 16.8. The fourth-order valence-corrected chi connectivity index (χ4v) is 4.58. The third-order valence-electron chi connectivity index (χ3n) is 6.70. The molecule has 4 rings (SSSR count). The van der Waals surface area contributed by atoms with Gasteiger partial charge in [0.1, 0.15) is 5.82 Å². The summed E-state index contributed by atoms with van der Waals surface area (Å²) < 4.78 is 17.4. The van der Waals surface area contributed by atoms with Gasteiger partial charge in [-0.25, -0.2) is 9.18 Å². The van der Waals surface area contributed by atoms with Crippen LogP contribution in [-0.2, 0) is 0 Å². The van der Waals surface area contributed by atoms with Crippen molar-refractivity contribution in [3.63, 3.8) is 0 Å². The molecule has 2 aliphatic rings. The molecule has 0 bridgehead atoms. The molecular formula is C20H28FN5O2. The molecule has 1 aromatic carbocycles. The molecule has 1 saturated carbocycles. The Balaban J connectivity index is 1.99. The molecule has 2 fully saturated rings. The molecule has 1 aliphatic carbocycles. The van der Waals surface area contributed by atoms with Gasteiger partial charge in [0.25, 0.3) is 5.56 Å². The van der Waals surface area contributed by atoms with Gasteiger partial charge in [0.15, 0.2) is 0 Å². The molecule has 1 aromatic heterocycles. The second-order valence-electron chi connectivity index (χ2n) is 9.11. The van der Waals surface area contributed by atoms with E-state index in [-0.39, 0.29) is 22.9 Å². The van der Waals surface area contributed by atoms with Crippen molar-refractivity contribution in [3.8, 4) is 0 Å². The summed E-state index contributed by atoms with van der Waals surface area (Å²) in [7, 11) is 0. The van der Waals surface area contributed by atoms with E-state index in [2.05, 4.69) is 20.8 Å². The molecule has 1 aliphatic heterocycles. The molecular weight excluding hydrogens is 361 g/mol. The standard InChI is InChI=1S/C20H28FN5O2/c1-10-16-13(18(27)26(23)19(28)25(16)12-5-6-12)7-14(21)17(10)24-8-15(22)11(2)20(3,4)9-24/h7,11-12,15H,5-6,8-9,22-23H2,1-4H3/t11-,15+/m0/s1. The number of halogens is 1. The summed E-state index contributed by atoms with van der Waals surface area (Å²) in [5.41, 5.74) is 6.54. The largest absolute Gasteiger partial charge is 0.367 e. The number of hydrogen-bond acceptors (Lipinski definition) is 5. The van der Waals surface area contributed by atoms with Gasteiger partial charge >= 0.3 is 5.69 Å². The summed E-state index contributed by atoms with van der Waals surface area (Å²) in [6.45, 7) is 9.33. The predicted molar refractivity (Wildman–Crippen MR) is 109 cm³/mol. The van der Waals surface area contributed by atoms with E-state index < -0.39 is 17.1 Å². The van der Waals surface area contributed by atoms with Crippen LogP contribution in [0, 0.1) is 24.1 Å². The smallest absolute Gasteiger partial charge is 0.350 e. The lowest BCUT2D eigenvalue weighted by Crippen LogP contribution is -2.56. The number of aromatic nitrogens is 2. The van der Waals surface area contributed by atoms with Crippen LogP contribution in [0.1, 0.15) is 45.2 Å². The van der Waals surface area contributed by atoms with Gasteiger partial charge in [-0.2, -0.15) is 4.68 Å². The van der Waals surface area contributed by atoms with Crippen molar-refractivity contribution in [2.24, 2.45) is 17.1 Å². The van der Waals surface area contributed by atoms with Crippen LogP contribution in [0.15, 0.2) is 15.7 Å². The number of benzene rings is 1. The lowest BCUT2D eigenvalue weighted by Gasteiger charge is -2.47. The van der Waals surface area contributed by atoms with Crippen molar-refractivity contribution < 1.29 is 4.39 Å². The fraction of sp³-hybridized carbons (Fsp3) is 0.600. The van der Waals surface area contributed by atoms with Crippen LogP contribution < -0.4 is 27.7 Å². The van der Waals surface area contributed by atoms with Gasteiger partial charge in [-0.3, -0.25) is 9.36 Å². The van der Waals surface area contributed by atoms with Gasteiger partial charge in [0, 0.05) is 30.7 Å². The molecule has 28 heavy (non-hydrogen) atoms. The molecule has 0 unspecified atom stereocenters. The highest BCUT2D eigenvalue weighted by atomic mass is 19.1. The lowest BCUT2D eigenvalue weighted by atomic mass is 9.72. The van der Waals surface area contributed by atoms with E-state index in [0.29, 0.717) is 40.5 Å². The number of fused-ring (bicyclic) bond motifs is 1. The van der Waals surface area contributed by atoms with Gasteiger partial charge in [0.2, 0.25) is 0 Å². The number of rotatable bonds is 2. The first-order valence-electron chi connectivity index (χ1n) is 9.80. The minimum atomic E-state index is -0.672. The van der Waals surface area contributed by atoms with Crippen molar-refractivity contribution in [3.05, 3.63) is 38.3 Å². The maximum absolute atomic E-state index is 15.2. The van der Waals surface area contributed by atoms with Crippen molar-refractivity contribution in [1.29, 1.82) is 0 Å². The minimum absolute atomic E-state index is 0.00230. The SMILES string of the molecule is Cc1c(N2C[C@@H](N)[C@H](C)C(C)(C)C2)c(F)cc2c(=O)n(N)c(=O)n(C3CC3)c12. The summed E-state index contributed by atoms with van der Waals surface area (Å²) in [6, 6.07) is 1.13. The summed E-state index contributed by atoms with van der Waals surface area (Å²) in [6.07, 6.45) is 1.69. The Hall–Kier alpha value is -2.35. The number of hydrogen-bond donors (Lipinski definition) is 2. The minimum Gasteiger partial charge on any atom is -0.367 e. The van der Waals surface area contributed by atoms with E-state index in [1.807, 2.05) is 4.90 Å². The molecule has 152 valence electrons. The Kier molecular flexibility index (Phi) is 4.12. The van der Waals surface area contributed by atoms with Gasteiger partial charge in [-0.15, -0.1) is 0 Å². The highest BCUT2D eigenvalue weighted by Crippen LogP contribution is 2.41. The monoisotopic (exact) mass is 389 g/mol. The summed E-state index contributed by atoms with van der Waals surface area (Å²) >= 11 is 0. The van der Waals surface area contributed by atoms with E-state index in [4.69, 9.17) is 11.6 Å². The van der Waals surface area contributed by atoms with Crippen molar-refractivity contribution in [1.82, 2.24) is 9.24 Å². The average molecular weight is 389 g/mol. The van der Waals surface area contributed by atoms with E-state index in [1.165, 1.54) is 6.07 Å². The maximum Gasteiger partial charge on any atom is 0.350 e. The van der Waals surface area contributed by atoms with Crippen molar-refractivity contribution in [2.45, 2.75) is 52.6 Å². The third-order valence-corrected chi connectivity index (χ3v) is 6.70. The van der Waals surface area contributed by atoms with Crippen LogP contribution in [0.2, 0.25) is 0 Å². The Bertz CT molecular complexity index is 1080. The first-order valence-corrected chi connectivity index (χ1v) is 9.80. The normalized spacial score (nSPS) is 24.7. The van der Waals surface area contributed by atoms with Crippen LogP contribution in [-0.4, -0.2) is 28.4 Å². The Morgan fingerprint density at radius 2 is 1.89 bits per heavy atom. The molecule has 8 heteroatoms. The van der Waals surface area contributed by atoms with Crippen LogP contribution in [0.5, 0.6) is 0 Å². The van der Waals surface area contributed by atoms with Crippen LogP contribution in [0.3, 0.4) is 0 Å². The lowest BCUT2D eigenvalue weighted by molar-refractivity contribution is 0.168. The number of piperidine rings is 1. The number of nitrogens with two attached hydrogens (primary N) is 2. The van der Waals surface area contributed by atoms with Crippen molar-refractivity contribution >= 4 is 16.6 Å². The van der Waals surface area contributed by atoms with Gasteiger partial charge in [0.05, 0.1) is 16.6 Å². The van der Waals surface area contributed by atoms with E-state index in [1.54, 1.807) is 11.5 Å². The Labute approximate surface area is 162 Å².